The molecule has 1 aliphatic carbocycles. The molecule has 3 rings (SSSR count). The molecule has 1 atom stereocenters. The molecule has 3 heteroatoms. The summed E-state index contributed by atoms with van der Waals surface area (Å²) in [5.41, 5.74) is 1.46. The molecule has 17 heavy (non-hydrogen) atoms. The Morgan fingerprint density at radius 2 is 2.18 bits per heavy atom. The highest BCUT2D eigenvalue weighted by Crippen LogP contribution is 2.37. The smallest absolute Gasteiger partial charge is 0.0591 e. The van der Waals surface area contributed by atoms with Crippen LogP contribution >= 0.6 is 11.8 Å². The second-order valence-electron chi connectivity index (χ2n) is 4.87. The van der Waals surface area contributed by atoms with E-state index < -0.39 is 0 Å². The van der Waals surface area contributed by atoms with Crippen molar-refractivity contribution in [1.29, 1.82) is 0 Å². The number of hydrogen-bond acceptors (Lipinski definition) is 3. The van der Waals surface area contributed by atoms with E-state index in [1.165, 1.54) is 23.3 Å². The van der Waals surface area contributed by atoms with E-state index in [-0.39, 0.29) is 0 Å². The van der Waals surface area contributed by atoms with Crippen molar-refractivity contribution in [2.24, 2.45) is 5.92 Å². The zero-order chi connectivity index (χ0) is 11.5. The van der Waals surface area contributed by atoms with Gasteiger partial charge in [0.05, 0.1) is 6.61 Å². The minimum atomic E-state index is 0.515. The van der Waals surface area contributed by atoms with Gasteiger partial charge in [-0.15, -0.1) is 11.8 Å². The monoisotopic (exact) mass is 249 g/mol. The SMILES string of the molecule is c1ccc2c(c1)SCC2NCCOCC1CC1. The van der Waals surface area contributed by atoms with E-state index in [0.29, 0.717) is 6.04 Å². The van der Waals surface area contributed by atoms with E-state index in [1.807, 2.05) is 11.8 Å². The van der Waals surface area contributed by atoms with Crippen molar-refractivity contribution < 1.29 is 4.74 Å². The molecule has 0 radical (unpaired) electrons. The molecule has 1 N–H and O–H groups in total. The van der Waals surface area contributed by atoms with E-state index in [2.05, 4.69) is 29.6 Å². The highest BCUT2D eigenvalue weighted by Gasteiger charge is 2.22. The first-order valence-electron chi connectivity index (χ1n) is 6.46. The lowest BCUT2D eigenvalue weighted by molar-refractivity contribution is 0.124. The quantitative estimate of drug-likeness (QED) is 0.783. The molecule has 1 aromatic rings. The normalized spacial score (nSPS) is 22.7. The summed E-state index contributed by atoms with van der Waals surface area (Å²) in [6, 6.07) is 9.21. The van der Waals surface area contributed by atoms with E-state index in [1.54, 1.807) is 0 Å². The molecule has 0 aromatic heterocycles. The molecule has 0 spiro atoms. The van der Waals surface area contributed by atoms with Crippen LogP contribution < -0.4 is 5.32 Å². The molecule has 0 amide bonds. The lowest BCUT2D eigenvalue weighted by atomic mass is 10.1. The first-order chi connectivity index (χ1) is 8.43. The van der Waals surface area contributed by atoms with Gasteiger partial charge in [0.2, 0.25) is 0 Å². The fourth-order valence-electron chi connectivity index (χ4n) is 2.17. The van der Waals surface area contributed by atoms with Crippen LogP contribution in [0.1, 0.15) is 24.4 Å². The number of rotatable bonds is 6. The summed E-state index contributed by atoms with van der Waals surface area (Å²) in [4.78, 5) is 1.43. The maximum Gasteiger partial charge on any atom is 0.0591 e. The predicted octanol–water partition coefficient (Wildman–Crippen LogP) is 2.85. The van der Waals surface area contributed by atoms with Crippen LogP contribution in [-0.2, 0) is 4.74 Å². The fraction of sp³-hybridized carbons (Fsp3) is 0.571. The topological polar surface area (TPSA) is 21.3 Å². The maximum absolute atomic E-state index is 5.64. The van der Waals surface area contributed by atoms with Gasteiger partial charge in [-0.3, -0.25) is 0 Å². The van der Waals surface area contributed by atoms with Gasteiger partial charge in [-0.05, 0) is 30.4 Å². The molecular weight excluding hydrogens is 230 g/mol. The lowest BCUT2D eigenvalue weighted by Gasteiger charge is -2.13. The summed E-state index contributed by atoms with van der Waals surface area (Å²) in [5, 5.41) is 3.59. The number of benzene rings is 1. The number of thioether (sulfide) groups is 1. The van der Waals surface area contributed by atoms with Gasteiger partial charge >= 0.3 is 0 Å². The Balaban J connectivity index is 1.40. The van der Waals surface area contributed by atoms with Crippen molar-refractivity contribution >= 4 is 11.8 Å². The summed E-state index contributed by atoms with van der Waals surface area (Å²) in [7, 11) is 0. The van der Waals surface area contributed by atoms with Crippen LogP contribution in [0.3, 0.4) is 0 Å². The Morgan fingerprint density at radius 3 is 3.06 bits per heavy atom. The van der Waals surface area contributed by atoms with E-state index in [9.17, 15) is 0 Å². The molecule has 92 valence electrons. The van der Waals surface area contributed by atoms with Crippen LogP contribution in [0.2, 0.25) is 0 Å². The summed E-state index contributed by atoms with van der Waals surface area (Å²) in [5.74, 6) is 2.03. The minimum Gasteiger partial charge on any atom is -0.380 e. The van der Waals surface area contributed by atoms with Gasteiger partial charge in [-0.25, -0.2) is 0 Å². The lowest BCUT2D eigenvalue weighted by Crippen LogP contribution is -2.25. The van der Waals surface area contributed by atoms with Gasteiger partial charge in [-0.2, -0.15) is 0 Å². The largest absolute Gasteiger partial charge is 0.380 e. The number of hydrogen-bond donors (Lipinski definition) is 1. The average Bonchev–Trinajstić information content (AvgIpc) is 3.09. The Morgan fingerprint density at radius 1 is 1.29 bits per heavy atom. The molecule has 2 nitrogen and oxygen atoms in total. The van der Waals surface area contributed by atoms with Crippen molar-refractivity contribution in [1.82, 2.24) is 5.32 Å². The number of ether oxygens (including phenoxy) is 1. The zero-order valence-electron chi connectivity index (χ0n) is 10.0. The van der Waals surface area contributed by atoms with Crippen LogP contribution in [-0.4, -0.2) is 25.5 Å². The molecule has 1 heterocycles. The number of fused-ring (bicyclic) bond motifs is 1. The molecule has 0 bridgehead atoms. The molecule has 1 saturated carbocycles. The van der Waals surface area contributed by atoms with Crippen LogP contribution in [0.15, 0.2) is 29.2 Å². The summed E-state index contributed by atoms with van der Waals surface area (Å²) < 4.78 is 5.64. The molecule has 2 aliphatic rings. The summed E-state index contributed by atoms with van der Waals surface area (Å²) in [6.45, 7) is 2.78. The van der Waals surface area contributed by atoms with Gasteiger partial charge in [0, 0.05) is 29.8 Å². The number of nitrogens with one attached hydrogen (secondary N) is 1. The Labute approximate surface area is 107 Å². The fourth-order valence-corrected chi connectivity index (χ4v) is 3.37. The van der Waals surface area contributed by atoms with E-state index in [0.717, 1.165) is 31.4 Å². The Bertz CT molecular complexity index is 378. The second kappa shape index (κ2) is 5.42. The first-order valence-corrected chi connectivity index (χ1v) is 7.45. The van der Waals surface area contributed by atoms with Crippen molar-refractivity contribution in [2.75, 3.05) is 25.5 Å². The molecular formula is C14H19NOS. The van der Waals surface area contributed by atoms with Crippen molar-refractivity contribution in [3.8, 4) is 0 Å². The molecule has 0 saturated heterocycles. The highest BCUT2D eigenvalue weighted by atomic mass is 32.2. The van der Waals surface area contributed by atoms with Gasteiger partial charge in [0.1, 0.15) is 0 Å². The third kappa shape index (κ3) is 3.03. The molecule has 1 aliphatic heterocycles. The van der Waals surface area contributed by atoms with Crippen LogP contribution in [0.4, 0.5) is 0 Å². The zero-order valence-corrected chi connectivity index (χ0v) is 10.8. The first kappa shape index (κ1) is 11.6. The third-order valence-corrected chi connectivity index (χ3v) is 4.57. The highest BCUT2D eigenvalue weighted by molar-refractivity contribution is 7.99. The van der Waals surface area contributed by atoms with E-state index >= 15 is 0 Å². The predicted molar refractivity (Wildman–Crippen MR) is 71.5 cm³/mol. The van der Waals surface area contributed by atoms with Gasteiger partial charge in [-0.1, -0.05) is 18.2 Å². The van der Waals surface area contributed by atoms with Crippen LogP contribution in [0, 0.1) is 5.92 Å². The molecule has 1 aromatic carbocycles. The average molecular weight is 249 g/mol. The summed E-state index contributed by atoms with van der Waals surface area (Å²) in [6.07, 6.45) is 2.75. The van der Waals surface area contributed by atoms with Crippen molar-refractivity contribution in [3.63, 3.8) is 0 Å². The second-order valence-corrected chi connectivity index (χ2v) is 5.94. The Hall–Kier alpha value is -0.510. The van der Waals surface area contributed by atoms with E-state index in [4.69, 9.17) is 4.74 Å². The molecule has 1 unspecified atom stereocenters. The Kier molecular flexibility index (Phi) is 3.69. The van der Waals surface area contributed by atoms with Crippen molar-refractivity contribution in [2.45, 2.75) is 23.8 Å². The summed E-state index contributed by atoms with van der Waals surface area (Å²) >= 11 is 1.95. The van der Waals surface area contributed by atoms with Gasteiger partial charge in [0.25, 0.3) is 0 Å². The molecule has 1 fully saturated rings. The van der Waals surface area contributed by atoms with Crippen LogP contribution in [0.25, 0.3) is 0 Å². The maximum atomic E-state index is 5.64. The van der Waals surface area contributed by atoms with Crippen LogP contribution in [0.5, 0.6) is 0 Å². The van der Waals surface area contributed by atoms with Crippen molar-refractivity contribution in [3.05, 3.63) is 29.8 Å². The third-order valence-electron chi connectivity index (χ3n) is 3.39. The van der Waals surface area contributed by atoms with Gasteiger partial charge < -0.3 is 10.1 Å². The van der Waals surface area contributed by atoms with Gasteiger partial charge in [0.15, 0.2) is 0 Å². The minimum absolute atomic E-state index is 0.515. The standard InChI is InChI=1S/C14H19NOS/c1-2-4-14-12(3-1)13(10-17-14)15-7-8-16-9-11-5-6-11/h1-4,11,13,15H,5-10H2.